The average molecular weight is 361 g/mol. The highest BCUT2D eigenvalue weighted by Gasteiger charge is 2.33. The Morgan fingerprint density at radius 2 is 1.85 bits per heavy atom. The first-order chi connectivity index (χ1) is 9.40. The van der Waals surface area contributed by atoms with Crippen molar-refractivity contribution in [3.63, 3.8) is 0 Å². The van der Waals surface area contributed by atoms with Crippen molar-refractivity contribution < 1.29 is 18.0 Å². The molecule has 0 aliphatic heterocycles. The fourth-order valence-electron chi connectivity index (χ4n) is 1.59. The van der Waals surface area contributed by atoms with Crippen LogP contribution in [0.1, 0.15) is 15.9 Å². The lowest BCUT2D eigenvalue weighted by Crippen LogP contribution is -2.07. The van der Waals surface area contributed by atoms with Crippen LogP contribution >= 0.6 is 27.7 Å². The van der Waals surface area contributed by atoms with Gasteiger partial charge in [0, 0.05) is 19.8 Å². The number of benzene rings is 2. The van der Waals surface area contributed by atoms with E-state index in [9.17, 15) is 18.0 Å². The van der Waals surface area contributed by atoms with Gasteiger partial charge in [-0.1, -0.05) is 39.8 Å². The molecule has 0 aliphatic carbocycles. The quantitative estimate of drug-likeness (QED) is 0.678. The molecular weight excluding hydrogens is 353 g/mol. The van der Waals surface area contributed by atoms with Gasteiger partial charge in [0.2, 0.25) is 0 Å². The number of carbonyl (C=O) groups excluding carboxylic acids is 1. The number of hydrogen-bond acceptors (Lipinski definition) is 2. The van der Waals surface area contributed by atoms with Crippen LogP contribution in [0.2, 0.25) is 0 Å². The number of carbonyl (C=O) groups is 1. The SMILES string of the molecule is O=Cc1ccc(Sc2cccc(Br)c2)c(C(F)(F)F)c1. The van der Waals surface area contributed by atoms with Crippen LogP contribution in [0, 0.1) is 0 Å². The van der Waals surface area contributed by atoms with Gasteiger partial charge in [0.15, 0.2) is 0 Å². The van der Waals surface area contributed by atoms with Crippen molar-refractivity contribution in [2.24, 2.45) is 0 Å². The monoisotopic (exact) mass is 360 g/mol. The van der Waals surface area contributed by atoms with Crippen LogP contribution in [-0.2, 0) is 6.18 Å². The molecule has 0 heterocycles. The Bertz CT molecular complexity index is 641. The van der Waals surface area contributed by atoms with E-state index in [1.807, 2.05) is 0 Å². The van der Waals surface area contributed by atoms with E-state index in [-0.39, 0.29) is 10.5 Å². The summed E-state index contributed by atoms with van der Waals surface area (Å²) in [5.41, 5.74) is -0.789. The molecule has 0 aliphatic rings. The van der Waals surface area contributed by atoms with E-state index < -0.39 is 11.7 Å². The molecule has 104 valence electrons. The van der Waals surface area contributed by atoms with E-state index in [0.29, 0.717) is 11.2 Å². The average Bonchev–Trinajstić information content (AvgIpc) is 2.38. The summed E-state index contributed by atoms with van der Waals surface area (Å²) in [7, 11) is 0. The lowest BCUT2D eigenvalue weighted by atomic mass is 10.1. The Labute approximate surface area is 126 Å². The van der Waals surface area contributed by atoms with Gasteiger partial charge in [0.1, 0.15) is 6.29 Å². The van der Waals surface area contributed by atoms with Crippen LogP contribution < -0.4 is 0 Å². The van der Waals surface area contributed by atoms with Crippen LogP contribution in [0.5, 0.6) is 0 Å². The van der Waals surface area contributed by atoms with Gasteiger partial charge in [0.05, 0.1) is 5.56 Å². The zero-order valence-electron chi connectivity index (χ0n) is 9.95. The molecule has 2 aromatic carbocycles. The Kier molecular flexibility index (Phi) is 4.55. The normalized spacial score (nSPS) is 11.4. The highest BCUT2D eigenvalue weighted by atomic mass is 79.9. The van der Waals surface area contributed by atoms with Crippen molar-refractivity contribution in [1.82, 2.24) is 0 Å². The zero-order valence-corrected chi connectivity index (χ0v) is 12.3. The Balaban J connectivity index is 2.43. The molecule has 20 heavy (non-hydrogen) atoms. The predicted molar refractivity (Wildman–Crippen MR) is 75.1 cm³/mol. The molecule has 2 aromatic rings. The van der Waals surface area contributed by atoms with Gasteiger partial charge in [-0.3, -0.25) is 4.79 Å². The number of alkyl halides is 3. The van der Waals surface area contributed by atoms with E-state index in [0.717, 1.165) is 22.3 Å². The molecule has 0 N–H and O–H groups in total. The van der Waals surface area contributed by atoms with Crippen LogP contribution in [0.25, 0.3) is 0 Å². The molecule has 0 unspecified atom stereocenters. The van der Waals surface area contributed by atoms with Gasteiger partial charge in [-0.15, -0.1) is 0 Å². The largest absolute Gasteiger partial charge is 0.417 e. The van der Waals surface area contributed by atoms with Crippen molar-refractivity contribution >= 4 is 34.0 Å². The number of hydrogen-bond donors (Lipinski definition) is 0. The van der Waals surface area contributed by atoms with E-state index in [1.165, 1.54) is 12.1 Å². The zero-order chi connectivity index (χ0) is 14.8. The standard InChI is InChI=1S/C14H8BrF3OS/c15-10-2-1-3-11(7-10)20-13-5-4-9(8-19)6-12(13)14(16,17)18/h1-8H. The number of rotatable bonds is 3. The first kappa shape index (κ1) is 15.1. The van der Waals surface area contributed by atoms with Gasteiger partial charge < -0.3 is 0 Å². The number of aldehydes is 1. The summed E-state index contributed by atoms with van der Waals surface area (Å²) >= 11 is 4.28. The maximum Gasteiger partial charge on any atom is 0.417 e. The van der Waals surface area contributed by atoms with Crippen LogP contribution in [-0.4, -0.2) is 6.29 Å². The Morgan fingerprint density at radius 3 is 2.45 bits per heavy atom. The second-order valence-electron chi connectivity index (χ2n) is 3.93. The first-order valence-electron chi connectivity index (χ1n) is 5.50. The molecule has 0 saturated carbocycles. The first-order valence-corrected chi connectivity index (χ1v) is 7.11. The summed E-state index contributed by atoms with van der Waals surface area (Å²) in [6, 6.07) is 10.6. The van der Waals surface area contributed by atoms with E-state index in [4.69, 9.17) is 0 Å². The summed E-state index contributed by atoms with van der Waals surface area (Å²) in [5.74, 6) is 0. The van der Waals surface area contributed by atoms with E-state index in [2.05, 4.69) is 15.9 Å². The molecule has 0 amide bonds. The third-order valence-corrected chi connectivity index (χ3v) is 4.03. The van der Waals surface area contributed by atoms with E-state index >= 15 is 0 Å². The van der Waals surface area contributed by atoms with Crippen molar-refractivity contribution in [3.8, 4) is 0 Å². The molecule has 0 bridgehead atoms. The fraction of sp³-hybridized carbons (Fsp3) is 0.0714. The highest BCUT2D eigenvalue weighted by Crippen LogP contribution is 2.40. The third kappa shape index (κ3) is 3.64. The van der Waals surface area contributed by atoms with Crippen molar-refractivity contribution in [2.45, 2.75) is 16.0 Å². The Hall–Kier alpha value is -1.27. The topological polar surface area (TPSA) is 17.1 Å². The molecule has 1 nitrogen and oxygen atoms in total. The summed E-state index contributed by atoms with van der Waals surface area (Å²) in [6.07, 6.45) is -4.09. The molecular formula is C14H8BrF3OS. The third-order valence-electron chi connectivity index (χ3n) is 2.47. The van der Waals surface area contributed by atoms with E-state index in [1.54, 1.807) is 24.3 Å². The molecule has 6 heteroatoms. The summed E-state index contributed by atoms with van der Waals surface area (Å²) in [5, 5.41) is 0. The van der Waals surface area contributed by atoms with Crippen molar-refractivity contribution in [3.05, 3.63) is 58.1 Å². The van der Waals surface area contributed by atoms with Crippen LogP contribution in [0.15, 0.2) is 56.7 Å². The maximum absolute atomic E-state index is 13.0. The van der Waals surface area contributed by atoms with Crippen molar-refractivity contribution in [2.75, 3.05) is 0 Å². The molecule has 0 atom stereocenters. The molecule has 0 spiro atoms. The van der Waals surface area contributed by atoms with Gasteiger partial charge in [-0.25, -0.2) is 0 Å². The molecule has 0 radical (unpaired) electrons. The maximum atomic E-state index is 13.0. The molecule has 0 saturated heterocycles. The second kappa shape index (κ2) is 6.01. The fourth-order valence-corrected chi connectivity index (χ4v) is 3.15. The minimum Gasteiger partial charge on any atom is -0.298 e. The van der Waals surface area contributed by atoms with Gasteiger partial charge in [-0.05, 0) is 30.3 Å². The molecule has 0 aromatic heterocycles. The predicted octanol–water partition coefficient (Wildman–Crippen LogP) is 5.43. The minimum absolute atomic E-state index is 0.0101. The van der Waals surface area contributed by atoms with Gasteiger partial charge in [-0.2, -0.15) is 13.2 Å². The summed E-state index contributed by atoms with van der Waals surface area (Å²) in [4.78, 5) is 11.4. The lowest BCUT2D eigenvalue weighted by molar-refractivity contribution is -0.139. The van der Waals surface area contributed by atoms with Crippen molar-refractivity contribution in [1.29, 1.82) is 0 Å². The summed E-state index contributed by atoms with van der Waals surface area (Å²) in [6.45, 7) is 0. The minimum atomic E-state index is -4.49. The molecule has 0 fully saturated rings. The van der Waals surface area contributed by atoms with Gasteiger partial charge >= 0.3 is 6.18 Å². The van der Waals surface area contributed by atoms with Gasteiger partial charge in [0.25, 0.3) is 0 Å². The Morgan fingerprint density at radius 1 is 1.10 bits per heavy atom. The smallest absolute Gasteiger partial charge is 0.298 e. The molecule has 2 rings (SSSR count). The second-order valence-corrected chi connectivity index (χ2v) is 5.96. The lowest BCUT2D eigenvalue weighted by Gasteiger charge is -2.13. The summed E-state index contributed by atoms with van der Waals surface area (Å²) < 4.78 is 39.8. The van der Waals surface area contributed by atoms with Crippen LogP contribution in [0.4, 0.5) is 13.2 Å². The highest BCUT2D eigenvalue weighted by molar-refractivity contribution is 9.10. The van der Waals surface area contributed by atoms with Crippen LogP contribution in [0.3, 0.4) is 0 Å². The number of halogens is 4.